The highest BCUT2D eigenvalue weighted by Gasteiger charge is 2.08. The van der Waals surface area contributed by atoms with Crippen LogP contribution in [0.4, 0.5) is 0 Å². The zero-order valence-electron chi connectivity index (χ0n) is 10.1. The third kappa shape index (κ3) is 2.82. The number of hydrogen-bond acceptors (Lipinski definition) is 5. The van der Waals surface area contributed by atoms with Gasteiger partial charge in [0.05, 0.1) is 0 Å². The number of phenols is 1. The van der Waals surface area contributed by atoms with Crippen molar-refractivity contribution in [1.29, 1.82) is 0 Å². The number of phenolic OH excluding ortho intramolecular Hbond substituents is 1. The number of thiophene rings is 1. The summed E-state index contributed by atoms with van der Waals surface area (Å²) in [7, 11) is 0. The van der Waals surface area contributed by atoms with Gasteiger partial charge in [-0.3, -0.25) is 0 Å². The topological polar surface area (TPSA) is 59.2 Å². The molecule has 96 valence electrons. The first-order chi connectivity index (χ1) is 9.31. The summed E-state index contributed by atoms with van der Waals surface area (Å²) in [6.45, 7) is 0. The molecule has 3 rings (SSSR count). The molecule has 0 spiro atoms. The van der Waals surface area contributed by atoms with Crippen LogP contribution >= 0.6 is 11.3 Å². The summed E-state index contributed by atoms with van der Waals surface area (Å²) in [5, 5.41) is 17.2. The van der Waals surface area contributed by atoms with Gasteiger partial charge in [-0.1, -0.05) is 17.3 Å². The van der Waals surface area contributed by atoms with Crippen molar-refractivity contribution in [3.05, 3.63) is 52.5 Å². The highest BCUT2D eigenvalue weighted by Crippen LogP contribution is 2.19. The van der Waals surface area contributed by atoms with Gasteiger partial charge in [-0.05, 0) is 35.6 Å². The molecule has 0 aliphatic heterocycles. The number of benzene rings is 1. The van der Waals surface area contributed by atoms with Gasteiger partial charge in [-0.25, -0.2) is 0 Å². The molecule has 3 aromatic rings. The van der Waals surface area contributed by atoms with Crippen molar-refractivity contribution in [2.45, 2.75) is 12.8 Å². The van der Waals surface area contributed by atoms with Gasteiger partial charge in [-0.15, -0.1) is 0 Å². The molecule has 0 saturated heterocycles. The Morgan fingerprint density at radius 3 is 2.68 bits per heavy atom. The highest BCUT2D eigenvalue weighted by molar-refractivity contribution is 7.08. The Balaban J connectivity index is 1.66. The zero-order valence-corrected chi connectivity index (χ0v) is 10.9. The van der Waals surface area contributed by atoms with Crippen LogP contribution in [-0.4, -0.2) is 15.2 Å². The van der Waals surface area contributed by atoms with Crippen molar-refractivity contribution in [2.24, 2.45) is 0 Å². The summed E-state index contributed by atoms with van der Waals surface area (Å²) < 4.78 is 5.23. The average molecular weight is 272 g/mol. The summed E-state index contributed by atoms with van der Waals surface area (Å²) in [5.74, 6) is 1.55. The molecule has 0 bridgehead atoms. The Morgan fingerprint density at radius 2 is 1.95 bits per heavy atom. The van der Waals surface area contributed by atoms with E-state index in [0.717, 1.165) is 17.5 Å². The molecule has 0 fully saturated rings. The summed E-state index contributed by atoms with van der Waals surface area (Å²) >= 11 is 1.61. The van der Waals surface area contributed by atoms with E-state index in [0.29, 0.717) is 18.1 Å². The lowest BCUT2D eigenvalue weighted by Crippen LogP contribution is -1.91. The van der Waals surface area contributed by atoms with E-state index in [1.165, 1.54) is 0 Å². The number of aromatic nitrogens is 2. The van der Waals surface area contributed by atoms with Gasteiger partial charge in [-0.2, -0.15) is 16.3 Å². The second-order valence-corrected chi connectivity index (χ2v) is 4.97. The minimum atomic E-state index is 0.279. The molecule has 2 heterocycles. The van der Waals surface area contributed by atoms with Crippen LogP contribution in [0.2, 0.25) is 0 Å². The van der Waals surface area contributed by atoms with Crippen molar-refractivity contribution in [3.63, 3.8) is 0 Å². The molecule has 4 nitrogen and oxygen atoms in total. The smallest absolute Gasteiger partial charge is 0.227 e. The molecule has 1 N–H and O–H groups in total. The van der Waals surface area contributed by atoms with Crippen LogP contribution < -0.4 is 0 Å². The lowest BCUT2D eigenvalue weighted by atomic mass is 10.1. The third-order valence-electron chi connectivity index (χ3n) is 2.81. The largest absolute Gasteiger partial charge is 0.508 e. The van der Waals surface area contributed by atoms with E-state index in [9.17, 15) is 5.11 Å². The summed E-state index contributed by atoms with van der Waals surface area (Å²) in [6, 6.07) is 9.12. The van der Waals surface area contributed by atoms with Gasteiger partial charge in [0.25, 0.3) is 0 Å². The molecular formula is C14H12N2O2S. The van der Waals surface area contributed by atoms with E-state index in [-0.39, 0.29) is 5.75 Å². The summed E-state index contributed by atoms with van der Waals surface area (Å²) in [4.78, 5) is 4.36. The maximum absolute atomic E-state index is 9.21. The molecule has 0 radical (unpaired) electrons. The Bertz CT molecular complexity index is 644. The molecule has 0 aliphatic rings. The van der Waals surface area contributed by atoms with E-state index in [1.807, 2.05) is 29.0 Å². The summed E-state index contributed by atoms with van der Waals surface area (Å²) in [6.07, 6.45) is 1.51. The molecule has 0 aliphatic carbocycles. The van der Waals surface area contributed by atoms with Gasteiger partial charge in [0.15, 0.2) is 0 Å². The molecular weight excluding hydrogens is 260 g/mol. The lowest BCUT2D eigenvalue weighted by molar-refractivity contribution is 0.379. The Kier molecular flexibility index (Phi) is 3.29. The number of aromatic hydroxyl groups is 1. The van der Waals surface area contributed by atoms with Crippen molar-refractivity contribution < 1.29 is 9.63 Å². The van der Waals surface area contributed by atoms with E-state index in [2.05, 4.69) is 10.1 Å². The molecule has 19 heavy (non-hydrogen) atoms. The zero-order chi connectivity index (χ0) is 13.1. The monoisotopic (exact) mass is 272 g/mol. The fourth-order valence-corrected chi connectivity index (χ4v) is 2.41. The fourth-order valence-electron chi connectivity index (χ4n) is 1.78. The average Bonchev–Trinajstić information content (AvgIpc) is 3.09. The van der Waals surface area contributed by atoms with E-state index in [1.54, 1.807) is 23.5 Å². The van der Waals surface area contributed by atoms with Gasteiger partial charge in [0.1, 0.15) is 5.75 Å². The van der Waals surface area contributed by atoms with Crippen LogP contribution in [0.25, 0.3) is 11.4 Å². The first kappa shape index (κ1) is 11.9. The minimum Gasteiger partial charge on any atom is -0.508 e. The standard InChI is InChI=1S/C14H12N2O2S/c17-12-4-1-10(2-5-12)3-6-13-15-14(16-18-13)11-7-8-19-9-11/h1-2,4-5,7-9,17H,3,6H2. The number of hydrogen-bond donors (Lipinski definition) is 1. The second kappa shape index (κ2) is 5.24. The third-order valence-corrected chi connectivity index (χ3v) is 3.49. The first-order valence-corrected chi connectivity index (χ1v) is 6.88. The van der Waals surface area contributed by atoms with Crippen LogP contribution in [0.5, 0.6) is 5.75 Å². The van der Waals surface area contributed by atoms with Gasteiger partial charge >= 0.3 is 0 Å². The Morgan fingerprint density at radius 1 is 1.11 bits per heavy atom. The van der Waals surface area contributed by atoms with E-state index in [4.69, 9.17) is 4.52 Å². The minimum absolute atomic E-state index is 0.279. The normalized spacial score (nSPS) is 10.7. The van der Waals surface area contributed by atoms with Crippen molar-refractivity contribution >= 4 is 11.3 Å². The number of nitrogens with zero attached hydrogens (tertiary/aromatic N) is 2. The van der Waals surface area contributed by atoms with Crippen LogP contribution in [0.3, 0.4) is 0 Å². The van der Waals surface area contributed by atoms with E-state index < -0.39 is 0 Å². The van der Waals surface area contributed by atoms with Gasteiger partial charge in [0, 0.05) is 17.4 Å². The van der Waals surface area contributed by atoms with E-state index >= 15 is 0 Å². The van der Waals surface area contributed by atoms with Crippen molar-refractivity contribution in [1.82, 2.24) is 10.1 Å². The van der Waals surface area contributed by atoms with Gasteiger partial charge in [0.2, 0.25) is 11.7 Å². The molecule has 2 aromatic heterocycles. The second-order valence-electron chi connectivity index (χ2n) is 4.19. The summed E-state index contributed by atoms with van der Waals surface area (Å²) in [5.41, 5.74) is 2.12. The van der Waals surface area contributed by atoms with Crippen molar-refractivity contribution in [3.8, 4) is 17.1 Å². The van der Waals surface area contributed by atoms with Crippen molar-refractivity contribution in [2.75, 3.05) is 0 Å². The molecule has 0 saturated carbocycles. The van der Waals surface area contributed by atoms with Crippen LogP contribution in [0.15, 0.2) is 45.6 Å². The van der Waals surface area contributed by atoms with Crippen LogP contribution in [0, 0.1) is 0 Å². The predicted octanol–water partition coefficient (Wildman–Crippen LogP) is 3.29. The Labute approximate surface area is 114 Å². The van der Waals surface area contributed by atoms with Gasteiger partial charge < -0.3 is 9.63 Å². The first-order valence-electron chi connectivity index (χ1n) is 5.94. The highest BCUT2D eigenvalue weighted by atomic mass is 32.1. The predicted molar refractivity (Wildman–Crippen MR) is 73.1 cm³/mol. The Hall–Kier alpha value is -2.14. The quantitative estimate of drug-likeness (QED) is 0.791. The fraction of sp³-hybridized carbons (Fsp3) is 0.143. The number of rotatable bonds is 4. The molecule has 1 aromatic carbocycles. The van der Waals surface area contributed by atoms with Crippen LogP contribution in [0.1, 0.15) is 11.5 Å². The molecule has 0 unspecified atom stereocenters. The molecule has 5 heteroatoms. The number of aryl methyl sites for hydroxylation is 2. The SMILES string of the molecule is Oc1ccc(CCc2nc(-c3ccsc3)no2)cc1. The molecule has 0 atom stereocenters. The maximum atomic E-state index is 9.21. The lowest BCUT2D eigenvalue weighted by Gasteiger charge is -1.98. The van der Waals surface area contributed by atoms with Crippen LogP contribution in [-0.2, 0) is 12.8 Å². The molecule has 0 amide bonds. The maximum Gasteiger partial charge on any atom is 0.227 e.